The molecule has 1 aromatic carbocycles. The quantitative estimate of drug-likeness (QED) is 0.474. The molecule has 148 valence electrons. The lowest BCUT2D eigenvalue weighted by atomic mass is 9.92. The number of nitrogens with one attached hydrogen (secondary N) is 1. The van der Waals surface area contributed by atoms with Crippen molar-refractivity contribution in [3.63, 3.8) is 0 Å². The van der Waals surface area contributed by atoms with E-state index in [1.54, 1.807) is 36.4 Å². The summed E-state index contributed by atoms with van der Waals surface area (Å²) >= 11 is 0. The zero-order chi connectivity index (χ0) is 20.6. The van der Waals surface area contributed by atoms with E-state index in [0.717, 1.165) is 0 Å². The maximum absolute atomic E-state index is 12.5. The summed E-state index contributed by atoms with van der Waals surface area (Å²) in [5.74, 6) is -0.244. The first-order valence-electron chi connectivity index (χ1n) is 8.77. The van der Waals surface area contributed by atoms with E-state index in [0.29, 0.717) is 11.1 Å². The van der Waals surface area contributed by atoms with Gasteiger partial charge < -0.3 is 25.4 Å². The van der Waals surface area contributed by atoms with E-state index in [1.807, 2.05) is 6.07 Å². The number of benzene rings is 1. The number of nitrogens with zero attached hydrogens (tertiary/aromatic N) is 4. The summed E-state index contributed by atoms with van der Waals surface area (Å²) in [7, 11) is 0. The van der Waals surface area contributed by atoms with E-state index in [1.165, 1.54) is 16.8 Å². The summed E-state index contributed by atoms with van der Waals surface area (Å²) in [5.41, 5.74) is -0.905. The zero-order valence-electron chi connectivity index (χ0n) is 15.0. The molecule has 10 nitrogen and oxygen atoms in total. The van der Waals surface area contributed by atoms with Gasteiger partial charge in [-0.2, -0.15) is 5.26 Å². The monoisotopic (exact) mass is 395 g/mol. The molecule has 10 heteroatoms. The fourth-order valence-corrected chi connectivity index (χ4v) is 3.44. The van der Waals surface area contributed by atoms with Gasteiger partial charge in [-0.05, 0) is 24.3 Å². The Morgan fingerprint density at radius 3 is 2.69 bits per heavy atom. The van der Waals surface area contributed by atoms with Crippen LogP contribution in [0.1, 0.15) is 16.1 Å². The number of nitriles is 1. The summed E-state index contributed by atoms with van der Waals surface area (Å²) in [6.07, 6.45) is -2.87. The summed E-state index contributed by atoms with van der Waals surface area (Å²) in [4.78, 5) is 12.5. The van der Waals surface area contributed by atoms with Crippen LogP contribution >= 0.6 is 0 Å². The highest BCUT2D eigenvalue weighted by Crippen LogP contribution is 2.40. The molecule has 3 aromatic rings. The van der Waals surface area contributed by atoms with Crippen LogP contribution < -0.4 is 5.32 Å². The van der Waals surface area contributed by atoms with Gasteiger partial charge in [-0.1, -0.05) is 18.2 Å². The Bertz CT molecular complexity index is 1100. The third-order valence-electron chi connectivity index (χ3n) is 4.94. The van der Waals surface area contributed by atoms with Crippen molar-refractivity contribution < 1.29 is 24.9 Å². The van der Waals surface area contributed by atoms with Gasteiger partial charge in [0, 0.05) is 5.56 Å². The average molecular weight is 395 g/mol. The highest BCUT2D eigenvalue weighted by Gasteiger charge is 2.57. The second kappa shape index (κ2) is 7.23. The second-order valence-corrected chi connectivity index (χ2v) is 6.60. The number of ether oxygens (including phenoxy) is 1. The minimum absolute atomic E-state index is 0.146. The molecule has 1 aliphatic rings. The van der Waals surface area contributed by atoms with E-state index >= 15 is 0 Å². The topological polar surface area (TPSA) is 153 Å². The molecule has 0 aliphatic carbocycles. The van der Waals surface area contributed by atoms with Gasteiger partial charge in [0.2, 0.25) is 5.60 Å². The van der Waals surface area contributed by atoms with Crippen LogP contribution in [-0.2, 0) is 10.3 Å². The van der Waals surface area contributed by atoms with Gasteiger partial charge in [-0.25, -0.2) is 0 Å². The SMILES string of the molecule is N#C[C@@]1(c2ccc3c(NC(=O)c4ccccc4)nncn23)O[C@H](CO)[C@@H](O)[C@H]1O. The number of carbonyl (C=O) groups is 1. The molecule has 4 atom stereocenters. The molecule has 0 saturated carbocycles. The van der Waals surface area contributed by atoms with E-state index in [-0.39, 0.29) is 11.5 Å². The highest BCUT2D eigenvalue weighted by molar-refractivity contribution is 6.05. The lowest BCUT2D eigenvalue weighted by Crippen LogP contribution is -2.40. The maximum Gasteiger partial charge on any atom is 0.256 e. The van der Waals surface area contributed by atoms with Crippen LogP contribution in [0, 0.1) is 11.3 Å². The van der Waals surface area contributed by atoms with Crippen LogP contribution in [0.25, 0.3) is 5.52 Å². The fraction of sp³-hybridized carbons (Fsp3) is 0.263. The van der Waals surface area contributed by atoms with Gasteiger partial charge in [-0.3, -0.25) is 9.20 Å². The van der Waals surface area contributed by atoms with Gasteiger partial charge in [0.15, 0.2) is 5.82 Å². The molecule has 0 radical (unpaired) electrons. The molecular formula is C19H17N5O5. The standard InChI is InChI=1S/C19H17N5O5/c20-9-19(16(27)15(26)13(8-25)29-19)14-7-6-12-17(23-21-10-24(12)14)22-18(28)11-4-2-1-3-5-11/h1-7,10,13,15-16,25-27H,8H2,(H,22,23,28)/t13-,15-,16-,19+/m1/s1. The van der Waals surface area contributed by atoms with Crippen molar-refractivity contribution in [2.45, 2.75) is 23.9 Å². The Balaban J connectivity index is 1.75. The van der Waals surface area contributed by atoms with Gasteiger partial charge in [0.05, 0.1) is 17.8 Å². The molecule has 1 aliphatic heterocycles. The molecular weight excluding hydrogens is 378 g/mol. The highest BCUT2D eigenvalue weighted by atomic mass is 16.6. The van der Waals surface area contributed by atoms with Crippen molar-refractivity contribution in [1.29, 1.82) is 5.26 Å². The predicted octanol–water partition coefficient (Wildman–Crippen LogP) is -0.187. The van der Waals surface area contributed by atoms with E-state index in [2.05, 4.69) is 15.5 Å². The Labute approximate surface area is 164 Å². The Morgan fingerprint density at radius 1 is 1.28 bits per heavy atom. The number of rotatable bonds is 4. The minimum Gasteiger partial charge on any atom is -0.394 e. The van der Waals surface area contributed by atoms with Gasteiger partial charge in [0.1, 0.15) is 30.7 Å². The molecule has 1 saturated heterocycles. The number of anilines is 1. The number of aliphatic hydroxyl groups is 3. The molecule has 2 aromatic heterocycles. The largest absolute Gasteiger partial charge is 0.394 e. The van der Waals surface area contributed by atoms with Gasteiger partial charge in [0.25, 0.3) is 5.91 Å². The van der Waals surface area contributed by atoms with Crippen molar-refractivity contribution in [3.05, 3.63) is 60.0 Å². The van der Waals surface area contributed by atoms with E-state index in [9.17, 15) is 25.4 Å². The van der Waals surface area contributed by atoms with Gasteiger partial charge in [-0.15, -0.1) is 10.2 Å². The minimum atomic E-state index is -1.93. The lowest BCUT2D eigenvalue weighted by molar-refractivity contribution is -0.0638. The van der Waals surface area contributed by atoms with Crippen molar-refractivity contribution >= 4 is 17.2 Å². The number of carbonyl (C=O) groups excluding carboxylic acids is 1. The Hall–Kier alpha value is -3.36. The summed E-state index contributed by atoms with van der Waals surface area (Å²) in [5, 5.41) is 50.2. The van der Waals surface area contributed by atoms with E-state index in [4.69, 9.17) is 4.74 Å². The summed E-state index contributed by atoms with van der Waals surface area (Å²) in [6.45, 7) is -0.566. The number of aliphatic hydroxyl groups excluding tert-OH is 3. The Kier molecular flexibility index (Phi) is 4.73. The number of hydrogen-bond donors (Lipinski definition) is 4. The third-order valence-corrected chi connectivity index (χ3v) is 4.94. The number of fused-ring (bicyclic) bond motifs is 1. The first-order chi connectivity index (χ1) is 14.0. The number of aromatic nitrogens is 3. The van der Waals surface area contributed by atoms with Crippen molar-refractivity contribution in [1.82, 2.24) is 14.6 Å². The van der Waals surface area contributed by atoms with Crippen molar-refractivity contribution in [2.75, 3.05) is 11.9 Å². The van der Waals surface area contributed by atoms with Crippen molar-refractivity contribution in [2.24, 2.45) is 0 Å². The fourth-order valence-electron chi connectivity index (χ4n) is 3.44. The number of amides is 1. The summed E-state index contributed by atoms with van der Waals surface area (Å²) < 4.78 is 6.98. The van der Waals surface area contributed by atoms with Crippen LogP contribution in [0.4, 0.5) is 5.82 Å². The normalized spacial score (nSPS) is 26.3. The molecule has 0 spiro atoms. The van der Waals surface area contributed by atoms with Gasteiger partial charge >= 0.3 is 0 Å². The molecule has 1 fully saturated rings. The molecule has 4 rings (SSSR count). The van der Waals surface area contributed by atoms with Crippen LogP contribution in [0.3, 0.4) is 0 Å². The molecule has 3 heterocycles. The van der Waals surface area contributed by atoms with Crippen LogP contribution in [0.2, 0.25) is 0 Å². The Morgan fingerprint density at radius 2 is 2.03 bits per heavy atom. The van der Waals surface area contributed by atoms with Crippen LogP contribution in [-0.4, -0.2) is 60.7 Å². The van der Waals surface area contributed by atoms with Crippen LogP contribution in [0.15, 0.2) is 48.8 Å². The average Bonchev–Trinajstić information content (AvgIpc) is 3.30. The number of hydrogen-bond acceptors (Lipinski definition) is 8. The molecule has 1 amide bonds. The van der Waals surface area contributed by atoms with Crippen LogP contribution in [0.5, 0.6) is 0 Å². The first kappa shape index (κ1) is 19.0. The summed E-state index contributed by atoms with van der Waals surface area (Å²) in [6, 6.07) is 13.5. The van der Waals surface area contributed by atoms with E-state index < -0.39 is 36.4 Å². The zero-order valence-corrected chi connectivity index (χ0v) is 15.0. The smallest absolute Gasteiger partial charge is 0.256 e. The predicted molar refractivity (Wildman–Crippen MR) is 98.6 cm³/mol. The molecule has 0 unspecified atom stereocenters. The van der Waals surface area contributed by atoms with Crippen molar-refractivity contribution in [3.8, 4) is 6.07 Å². The molecule has 4 N–H and O–H groups in total. The maximum atomic E-state index is 12.5. The second-order valence-electron chi connectivity index (χ2n) is 6.60. The third kappa shape index (κ3) is 2.93. The first-order valence-corrected chi connectivity index (χ1v) is 8.77. The molecule has 29 heavy (non-hydrogen) atoms. The molecule has 0 bridgehead atoms. The lowest BCUT2D eigenvalue weighted by Gasteiger charge is -2.24.